The number of rotatable bonds is 7. The summed E-state index contributed by atoms with van der Waals surface area (Å²) in [5.74, 6) is -0.157. The fourth-order valence-electron chi connectivity index (χ4n) is 2.78. The molecule has 1 aliphatic heterocycles. The summed E-state index contributed by atoms with van der Waals surface area (Å²) >= 11 is 0. The zero-order valence-corrected chi connectivity index (χ0v) is 13.3. The lowest BCUT2D eigenvalue weighted by molar-refractivity contribution is 0.0484. The van der Waals surface area contributed by atoms with Crippen molar-refractivity contribution in [1.29, 1.82) is 0 Å². The topological polar surface area (TPSA) is 24.5 Å². The molecule has 21 heavy (non-hydrogen) atoms. The lowest BCUT2D eigenvalue weighted by Gasteiger charge is -2.27. The fraction of sp³-hybridized carbons (Fsp3) is 0.647. The van der Waals surface area contributed by atoms with E-state index < -0.39 is 0 Å². The van der Waals surface area contributed by atoms with Crippen molar-refractivity contribution in [2.75, 3.05) is 24.5 Å². The van der Waals surface area contributed by atoms with Gasteiger partial charge in [-0.05, 0) is 31.9 Å². The van der Waals surface area contributed by atoms with E-state index >= 15 is 0 Å². The van der Waals surface area contributed by atoms with Crippen molar-refractivity contribution >= 4 is 5.69 Å². The maximum absolute atomic E-state index is 13.9. The molecule has 2 atom stereocenters. The molecular weight excluding hydrogens is 267 g/mol. The van der Waals surface area contributed by atoms with Crippen LogP contribution in [0.5, 0.6) is 0 Å². The Labute approximate surface area is 127 Å². The zero-order chi connectivity index (χ0) is 15.2. The second-order valence-electron chi connectivity index (χ2n) is 6.01. The fourth-order valence-corrected chi connectivity index (χ4v) is 2.78. The first-order valence-corrected chi connectivity index (χ1v) is 7.98. The van der Waals surface area contributed by atoms with E-state index in [9.17, 15) is 4.39 Å². The van der Waals surface area contributed by atoms with Crippen LogP contribution in [0.4, 0.5) is 10.1 Å². The molecule has 118 valence electrons. The van der Waals surface area contributed by atoms with E-state index in [0.717, 1.165) is 32.5 Å². The Morgan fingerprint density at radius 2 is 2.00 bits per heavy atom. The molecule has 1 aromatic carbocycles. The molecule has 0 saturated carbocycles. The molecular formula is C17H27FN2O. The van der Waals surface area contributed by atoms with Gasteiger partial charge in [0.1, 0.15) is 5.82 Å². The predicted octanol–water partition coefficient (Wildman–Crippen LogP) is 3.20. The van der Waals surface area contributed by atoms with E-state index in [1.165, 1.54) is 6.07 Å². The Morgan fingerprint density at radius 3 is 2.67 bits per heavy atom. The predicted molar refractivity (Wildman–Crippen MR) is 85.3 cm³/mol. The Balaban J connectivity index is 1.87. The first kappa shape index (κ1) is 16.2. The van der Waals surface area contributed by atoms with Gasteiger partial charge in [-0.25, -0.2) is 4.39 Å². The maximum Gasteiger partial charge on any atom is 0.146 e. The number of hydrogen-bond donors (Lipinski definition) is 1. The first-order valence-electron chi connectivity index (χ1n) is 7.98. The standard InChI is InChI=1S/C17H27FN2O/c1-4-20(17-8-6-5-7-16(17)18)12-15-10-9-14(21-15)11-19-13(2)3/h5-8,13-15,19H,4,9-12H2,1-3H3. The van der Waals surface area contributed by atoms with Crippen molar-refractivity contribution in [3.63, 3.8) is 0 Å². The second kappa shape index (κ2) is 7.76. The molecule has 0 amide bonds. The van der Waals surface area contributed by atoms with E-state index in [4.69, 9.17) is 4.74 Å². The minimum atomic E-state index is -0.157. The van der Waals surface area contributed by atoms with Gasteiger partial charge in [-0.15, -0.1) is 0 Å². The third-order valence-corrected chi connectivity index (χ3v) is 3.95. The Kier molecular flexibility index (Phi) is 6.00. The van der Waals surface area contributed by atoms with Crippen molar-refractivity contribution in [1.82, 2.24) is 5.32 Å². The number of likely N-dealkylation sites (N-methyl/N-ethyl adjacent to an activating group) is 1. The SMILES string of the molecule is CCN(CC1CCC(CNC(C)C)O1)c1ccccc1F. The van der Waals surface area contributed by atoms with E-state index in [2.05, 4.69) is 31.0 Å². The van der Waals surface area contributed by atoms with Gasteiger partial charge in [0.2, 0.25) is 0 Å². The van der Waals surface area contributed by atoms with E-state index in [-0.39, 0.29) is 18.0 Å². The van der Waals surface area contributed by atoms with Gasteiger partial charge in [-0.1, -0.05) is 26.0 Å². The van der Waals surface area contributed by atoms with Crippen LogP contribution in [0.15, 0.2) is 24.3 Å². The van der Waals surface area contributed by atoms with Crippen molar-refractivity contribution in [2.45, 2.75) is 51.9 Å². The highest BCUT2D eigenvalue weighted by atomic mass is 19.1. The quantitative estimate of drug-likeness (QED) is 0.836. The summed E-state index contributed by atoms with van der Waals surface area (Å²) in [7, 11) is 0. The van der Waals surface area contributed by atoms with Crippen LogP contribution >= 0.6 is 0 Å². The van der Waals surface area contributed by atoms with Crippen molar-refractivity contribution in [2.24, 2.45) is 0 Å². The van der Waals surface area contributed by atoms with Gasteiger partial charge in [0.25, 0.3) is 0 Å². The Bertz CT molecular complexity index is 439. The number of anilines is 1. The second-order valence-corrected chi connectivity index (χ2v) is 6.01. The molecule has 2 unspecified atom stereocenters. The summed E-state index contributed by atoms with van der Waals surface area (Å²) in [5.41, 5.74) is 0.673. The van der Waals surface area contributed by atoms with Gasteiger partial charge < -0.3 is 15.0 Å². The molecule has 0 spiro atoms. The highest BCUT2D eigenvalue weighted by Crippen LogP contribution is 2.24. The van der Waals surface area contributed by atoms with Crippen LogP contribution in [0.3, 0.4) is 0 Å². The Morgan fingerprint density at radius 1 is 1.29 bits per heavy atom. The lowest BCUT2D eigenvalue weighted by Crippen LogP contribution is -2.35. The van der Waals surface area contributed by atoms with Crippen LogP contribution < -0.4 is 10.2 Å². The van der Waals surface area contributed by atoms with Crippen LogP contribution in [-0.4, -0.2) is 37.9 Å². The molecule has 4 heteroatoms. The van der Waals surface area contributed by atoms with E-state index in [1.54, 1.807) is 6.07 Å². The summed E-state index contributed by atoms with van der Waals surface area (Å²) in [4.78, 5) is 2.07. The van der Waals surface area contributed by atoms with Crippen LogP contribution in [0.1, 0.15) is 33.6 Å². The van der Waals surface area contributed by atoms with Crippen LogP contribution in [0.2, 0.25) is 0 Å². The molecule has 1 aromatic rings. The average molecular weight is 294 g/mol. The number of hydrogen-bond acceptors (Lipinski definition) is 3. The molecule has 1 N–H and O–H groups in total. The number of nitrogens with one attached hydrogen (secondary N) is 1. The molecule has 0 radical (unpaired) electrons. The van der Waals surface area contributed by atoms with Crippen LogP contribution in [-0.2, 0) is 4.74 Å². The summed E-state index contributed by atoms with van der Waals surface area (Å²) in [6, 6.07) is 7.45. The van der Waals surface area contributed by atoms with Gasteiger partial charge in [-0.3, -0.25) is 0 Å². The number of ether oxygens (including phenoxy) is 1. The number of benzene rings is 1. The molecule has 1 fully saturated rings. The smallest absolute Gasteiger partial charge is 0.146 e. The largest absolute Gasteiger partial charge is 0.372 e. The molecule has 2 rings (SSSR count). The first-order chi connectivity index (χ1) is 10.1. The van der Waals surface area contributed by atoms with Crippen LogP contribution in [0.25, 0.3) is 0 Å². The average Bonchev–Trinajstić information content (AvgIpc) is 2.91. The molecule has 1 heterocycles. The van der Waals surface area contributed by atoms with Gasteiger partial charge >= 0.3 is 0 Å². The minimum Gasteiger partial charge on any atom is -0.372 e. The third kappa shape index (κ3) is 4.68. The molecule has 1 aliphatic rings. The molecule has 0 aromatic heterocycles. The highest BCUT2D eigenvalue weighted by Gasteiger charge is 2.27. The van der Waals surface area contributed by atoms with Gasteiger partial charge in [0.05, 0.1) is 17.9 Å². The number of para-hydroxylation sites is 1. The summed E-state index contributed by atoms with van der Waals surface area (Å²) in [6.45, 7) is 8.79. The summed E-state index contributed by atoms with van der Waals surface area (Å²) < 4.78 is 20.0. The molecule has 0 aliphatic carbocycles. The monoisotopic (exact) mass is 294 g/mol. The molecule has 0 bridgehead atoms. The highest BCUT2D eigenvalue weighted by molar-refractivity contribution is 5.47. The van der Waals surface area contributed by atoms with Gasteiger partial charge in [0.15, 0.2) is 0 Å². The van der Waals surface area contributed by atoms with Crippen molar-refractivity contribution in [3.8, 4) is 0 Å². The van der Waals surface area contributed by atoms with Crippen molar-refractivity contribution < 1.29 is 9.13 Å². The number of nitrogens with zero attached hydrogens (tertiary/aromatic N) is 1. The minimum absolute atomic E-state index is 0.157. The van der Waals surface area contributed by atoms with Crippen molar-refractivity contribution in [3.05, 3.63) is 30.1 Å². The van der Waals surface area contributed by atoms with E-state index in [0.29, 0.717) is 11.7 Å². The Hall–Kier alpha value is -1.13. The lowest BCUT2D eigenvalue weighted by atomic mass is 10.1. The van der Waals surface area contributed by atoms with Gasteiger partial charge in [-0.2, -0.15) is 0 Å². The molecule has 3 nitrogen and oxygen atoms in total. The van der Waals surface area contributed by atoms with Gasteiger partial charge in [0, 0.05) is 25.7 Å². The number of halogens is 1. The molecule has 1 saturated heterocycles. The summed E-state index contributed by atoms with van der Waals surface area (Å²) in [5, 5.41) is 3.42. The summed E-state index contributed by atoms with van der Waals surface area (Å²) in [6.07, 6.45) is 2.62. The van der Waals surface area contributed by atoms with Crippen LogP contribution in [0, 0.1) is 5.82 Å². The zero-order valence-electron chi connectivity index (χ0n) is 13.3. The third-order valence-electron chi connectivity index (χ3n) is 3.95. The normalized spacial score (nSPS) is 22.0. The van der Waals surface area contributed by atoms with E-state index in [1.807, 2.05) is 12.1 Å². The maximum atomic E-state index is 13.9.